The third-order valence-electron chi connectivity index (χ3n) is 2.47. The Kier molecular flexibility index (Phi) is 9.71. The molecule has 0 radical (unpaired) electrons. The molecular weight excluding hydrogens is 281 g/mol. The SMILES string of the molecule is Cc1ncsc1CNC(=O)C(C)C(C)N.Cl.Cl. The fourth-order valence-corrected chi connectivity index (χ4v) is 1.78. The first-order chi connectivity index (χ1) is 7.02. The molecule has 1 heterocycles. The molecule has 1 aromatic heterocycles. The van der Waals surface area contributed by atoms with Gasteiger partial charge in [-0.2, -0.15) is 0 Å². The molecule has 0 saturated carbocycles. The topological polar surface area (TPSA) is 68.0 Å². The molecule has 1 rings (SSSR count). The quantitative estimate of drug-likeness (QED) is 0.892. The second-order valence-corrected chi connectivity index (χ2v) is 4.67. The van der Waals surface area contributed by atoms with Gasteiger partial charge in [0, 0.05) is 16.8 Å². The van der Waals surface area contributed by atoms with Crippen molar-refractivity contribution in [3.8, 4) is 0 Å². The molecule has 0 aromatic carbocycles. The smallest absolute Gasteiger partial charge is 0.224 e. The second-order valence-electron chi connectivity index (χ2n) is 3.73. The maximum absolute atomic E-state index is 11.6. The van der Waals surface area contributed by atoms with E-state index in [0.717, 1.165) is 10.6 Å². The van der Waals surface area contributed by atoms with Gasteiger partial charge in [0.05, 0.1) is 17.7 Å². The lowest BCUT2D eigenvalue weighted by atomic mass is 10.0. The highest BCUT2D eigenvalue weighted by Gasteiger charge is 2.16. The monoisotopic (exact) mass is 299 g/mol. The van der Waals surface area contributed by atoms with Crippen molar-refractivity contribution in [2.45, 2.75) is 33.4 Å². The van der Waals surface area contributed by atoms with Gasteiger partial charge in [0.25, 0.3) is 0 Å². The van der Waals surface area contributed by atoms with Crippen molar-refractivity contribution in [3.63, 3.8) is 0 Å². The molecule has 2 unspecified atom stereocenters. The molecule has 100 valence electrons. The van der Waals surface area contributed by atoms with Crippen molar-refractivity contribution in [1.29, 1.82) is 0 Å². The Hall–Kier alpha value is -0.360. The molecule has 1 aromatic rings. The van der Waals surface area contributed by atoms with Crippen LogP contribution in [0.5, 0.6) is 0 Å². The van der Waals surface area contributed by atoms with Crippen LogP contribution in [0.2, 0.25) is 0 Å². The first-order valence-corrected chi connectivity index (χ1v) is 5.82. The molecule has 17 heavy (non-hydrogen) atoms. The van der Waals surface area contributed by atoms with E-state index in [2.05, 4.69) is 10.3 Å². The minimum atomic E-state index is -0.154. The Morgan fingerprint density at radius 2 is 2.12 bits per heavy atom. The van der Waals surface area contributed by atoms with E-state index in [4.69, 9.17) is 5.73 Å². The molecule has 0 aliphatic heterocycles. The Bertz CT molecular complexity index is 344. The van der Waals surface area contributed by atoms with Crippen LogP contribution >= 0.6 is 36.2 Å². The minimum Gasteiger partial charge on any atom is -0.351 e. The van der Waals surface area contributed by atoms with E-state index in [1.165, 1.54) is 0 Å². The van der Waals surface area contributed by atoms with E-state index in [9.17, 15) is 4.79 Å². The zero-order valence-electron chi connectivity index (χ0n) is 10.1. The predicted molar refractivity (Wildman–Crippen MR) is 76.0 cm³/mol. The largest absolute Gasteiger partial charge is 0.351 e. The van der Waals surface area contributed by atoms with Gasteiger partial charge in [-0.25, -0.2) is 4.98 Å². The van der Waals surface area contributed by atoms with E-state index >= 15 is 0 Å². The van der Waals surface area contributed by atoms with Gasteiger partial charge in [0.1, 0.15) is 0 Å². The van der Waals surface area contributed by atoms with Crippen LogP contribution in [0, 0.1) is 12.8 Å². The van der Waals surface area contributed by atoms with Crippen molar-refractivity contribution in [1.82, 2.24) is 10.3 Å². The third-order valence-corrected chi connectivity index (χ3v) is 3.41. The van der Waals surface area contributed by atoms with Crippen molar-refractivity contribution in [2.75, 3.05) is 0 Å². The summed E-state index contributed by atoms with van der Waals surface area (Å²) in [4.78, 5) is 16.8. The average molecular weight is 300 g/mol. The molecule has 4 nitrogen and oxygen atoms in total. The lowest BCUT2D eigenvalue weighted by molar-refractivity contribution is -0.125. The summed E-state index contributed by atoms with van der Waals surface area (Å²) in [7, 11) is 0. The van der Waals surface area contributed by atoms with E-state index in [0.29, 0.717) is 6.54 Å². The number of amides is 1. The van der Waals surface area contributed by atoms with E-state index < -0.39 is 0 Å². The summed E-state index contributed by atoms with van der Waals surface area (Å²) in [5.41, 5.74) is 8.41. The Balaban J connectivity index is 0. The summed E-state index contributed by atoms with van der Waals surface area (Å²) >= 11 is 1.55. The van der Waals surface area contributed by atoms with Crippen LogP contribution in [0.25, 0.3) is 0 Å². The van der Waals surface area contributed by atoms with Crippen LogP contribution in [0.3, 0.4) is 0 Å². The molecule has 3 N–H and O–H groups in total. The summed E-state index contributed by atoms with van der Waals surface area (Å²) in [5.74, 6) is -0.156. The second kappa shape index (κ2) is 8.69. The number of nitrogens with zero attached hydrogens (tertiary/aromatic N) is 1. The molecule has 2 atom stereocenters. The first-order valence-electron chi connectivity index (χ1n) is 4.94. The van der Waals surface area contributed by atoms with Gasteiger partial charge in [-0.05, 0) is 13.8 Å². The summed E-state index contributed by atoms with van der Waals surface area (Å²) < 4.78 is 0. The zero-order valence-corrected chi connectivity index (χ0v) is 12.5. The molecule has 0 bridgehead atoms. The summed E-state index contributed by atoms with van der Waals surface area (Å²) in [6.45, 7) is 6.15. The number of aromatic nitrogens is 1. The predicted octanol–water partition coefficient (Wildman–Crippen LogP) is 1.89. The van der Waals surface area contributed by atoms with Gasteiger partial charge in [-0.1, -0.05) is 6.92 Å². The van der Waals surface area contributed by atoms with Crippen molar-refractivity contribution in [2.24, 2.45) is 11.7 Å². The summed E-state index contributed by atoms with van der Waals surface area (Å²) in [6, 6.07) is -0.118. The van der Waals surface area contributed by atoms with Gasteiger partial charge in [-0.15, -0.1) is 36.2 Å². The van der Waals surface area contributed by atoms with Crippen LogP contribution in [0.15, 0.2) is 5.51 Å². The summed E-state index contributed by atoms with van der Waals surface area (Å²) in [5, 5.41) is 2.86. The number of aryl methyl sites for hydroxylation is 1. The standard InChI is InChI=1S/C10H17N3OS.2ClH/c1-6(7(2)11)10(14)12-4-9-8(3)13-5-15-9;;/h5-7H,4,11H2,1-3H3,(H,12,14);2*1H. The normalized spacial score (nSPS) is 12.9. The Morgan fingerprint density at radius 3 is 2.53 bits per heavy atom. The molecular formula is C10H19Cl2N3OS. The molecule has 0 fully saturated rings. The number of halogens is 2. The highest BCUT2D eigenvalue weighted by molar-refractivity contribution is 7.09. The van der Waals surface area contributed by atoms with Crippen LogP contribution in [0.1, 0.15) is 24.4 Å². The number of nitrogens with one attached hydrogen (secondary N) is 1. The van der Waals surface area contributed by atoms with Gasteiger partial charge in [-0.3, -0.25) is 4.79 Å². The maximum atomic E-state index is 11.6. The molecule has 0 saturated heterocycles. The van der Waals surface area contributed by atoms with Crippen LogP contribution in [-0.4, -0.2) is 16.9 Å². The van der Waals surface area contributed by atoms with E-state index in [-0.39, 0.29) is 42.7 Å². The van der Waals surface area contributed by atoms with Crippen molar-refractivity contribution >= 4 is 42.1 Å². The lowest BCUT2D eigenvalue weighted by Crippen LogP contribution is -2.38. The number of hydrogen-bond acceptors (Lipinski definition) is 4. The fourth-order valence-electron chi connectivity index (χ4n) is 1.06. The number of thiazole rings is 1. The van der Waals surface area contributed by atoms with Crippen LogP contribution in [-0.2, 0) is 11.3 Å². The lowest BCUT2D eigenvalue weighted by Gasteiger charge is -2.14. The van der Waals surface area contributed by atoms with Gasteiger partial charge < -0.3 is 11.1 Å². The molecule has 0 spiro atoms. The highest BCUT2D eigenvalue weighted by Crippen LogP contribution is 2.11. The number of rotatable bonds is 4. The number of carbonyl (C=O) groups excluding carboxylic acids is 1. The van der Waals surface area contributed by atoms with Crippen molar-refractivity contribution in [3.05, 3.63) is 16.1 Å². The van der Waals surface area contributed by atoms with E-state index in [1.54, 1.807) is 16.8 Å². The Morgan fingerprint density at radius 1 is 1.53 bits per heavy atom. The Labute approximate surface area is 118 Å². The number of nitrogens with two attached hydrogens (primary N) is 1. The highest BCUT2D eigenvalue weighted by atomic mass is 35.5. The fraction of sp³-hybridized carbons (Fsp3) is 0.600. The zero-order chi connectivity index (χ0) is 11.4. The molecule has 1 amide bonds. The number of hydrogen-bond donors (Lipinski definition) is 2. The van der Waals surface area contributed by atoms with Gasteiger partial charge in [0.2, 0.25) is 5.91 Å². The summed E-state index contributed by atoms with van der Waals surface area (Å²) in [6.07, 6.45) is 0. The molecule has 7 heteroatoms. The van der Waals surface area contributed by atoms with E-state index in [1.807, 2.05) is 20.8 Å². The molecule has 0 aliphatic rings. The average Bonchev–Trinajstić information content (AvgIpc) is 2.59. The van der Waals surface area contributed by atoms with Crippen LogP contribution < -0.4 is 11.1 Å². The van der Waals surface area contributed by atoms with Gasteiger partial charge >= 0.3 is 0 Å². The van der Waals surface area contributed by atoms with Gasteiger partial charge in [0.15, 0.2) is 0 Å². The molecule has 0 aliphatic carbocycles. The maximum Gasteiger partial charge on any atom is 0.224 e. The van der Waals surface area contributed by atoms with Crippen molar-refractivity contribution < 1.29 is 4.79 Å². The third kappa shape index (κ3) is 5.68. The first kappa shape index (κ1) is 19.0. The van der Waals surface area contributed by atoms with Crippen LogP contribution in [0.4, 0.5) is 0 Å². The minimum absolute atomic E-state index is 0. The number of carbonyl (C=O) groups is 1.